The van der Waals surface area contributed by atoms with Crippen LogP contribution in [0.5, 0.6) is 0 Å². The lowest BCUT2D eigenvalue weighted by Crippen LogP contribution is -2.50. The topological polar surface area (TPSA) is 62.5 Å². The van der Waals surface area contributed by atoms with Crippen LogP contribution in [0, 0.1) is 5.92 Å². The quantitative estimate of drug-likeness (QED) is 0.852. The van der Waals surface area contributed by atoms with Gasteiger partial charge in [0.05, 0.1) is 6.54 Å². The fourth-order valence-electron chi connectivity index (χ4n) is 3.49. The monoisotopic (exact) mass is 320 g/mol. The highest BCUT2D eigenvalue weighted by Crippen LogP contribution is 2.26. The summed E-state index contributed by atoms with van der Waals surface area (Å²) >= 11 is 0. The van der Waals surface area contributed by atoms with Crippen LogP contribution >= 0.6 is 0 Å². The van der Waals surface area contributed by atoms with Gasteiger partial charge in [-0.1, -0.05) is 33.1 Å². The van der Waals surface area contributed by atoms with Gasteiger partial charge >= 0.3 is 0 Å². The molecule has 23 heavy (non-hydrogen) atoms. The zero-order valence-corrected chi connectivity index (χ0v) is 14.3. The third kappa shape index (κ3) is 4.10. The van der Waals surface area contributed by atoms with Gasteiger partial charge < -0.3 is 9.32 Å². The summed E-state index contributed by atoms with van der Waals surface area (Å²) in [5, 5.41) is 8.20. The Labute approximate surface area is 138 Å². The van der Waals surface area contributed by atoms with E-state index in [2.05, 4.69) is 20.0 Å². The number of hydrogen-bond donors (Lipinski definition) is 0. The Hall–Kier alpha value is -1.43. The minimum Gasteiger partial charge on any atom is -0.424 e. The smallest absolute Gasteiger partial charge is 0.230 e. The van der Waals surface area contributed by atoms with Crippen molar-refractivity contribution in [2.75, 3.05) is 26.2 Å². The first-order valence-electron chi connectivity index (χ1n) is 8.97. The lowest BCUT2D eigenvalue weighted by Gasteiger charge is -2.36. The van der Waals surface area contributed by atoms with Crippen molar-refractivity contribution >= 4 is 5.91 Å². The van der Waals surface area contributed by atoms with Gasteiger partial charge in [0.25, 0.3) is 0 Å². The predicted octanol–water partition coefficient (Wildman–Crippen LogP) is 2.42. The molecule has 0 unspecified atom stereocenters. The number of amides is 1. The molecular formula is C17H28N4O2. The van der Waals surface area contributed by atoms with E-state index in [1.54, 1.807) is 0 Å². The highest BCUT2D eigenvalue weighted by molar-refractivity contribution is 5.79. The summed E-state index contributed by atoms with van der Waals surface area (Å²) in [5.41, 5.74) is 0. The zero-order valence-electron chi connectivity index (χ0n) is 14.3. The van der Waals surface area contributed by atoms with Crippen molar-refractivity contribution in [3.05, 3.63) is 11.8 Å². The van der Waals surface area contributed by atoms with Crippen molar-refractivity contribution in [1.82, 2.24) is 20.0 Å². The maximum absolute atomic E-state index is 12.6. The SMILES string of the molecule is CC(C)c1nnc(CN2CCN(C(=O)C3CCCCC3)CC2)o1. The largest absolute Gasteiger partial charge is 0.424 e. The van der Waals surface area contributed by atoms with Gasteiger partial charge in [-0.25, -0.2) is 0 Å². The van der Waals surface area contributed by atoms with Crippen LogP contribution in [0.2, 0.25) is 0 Å². The Morgan fingerprint density at radius 1 is 1.13 bits per heavy atom. The first kappa shape index (κ1) is 16.4. The van der Waals surface area contributed by atoms with Crippen molar-refractivity contribution in [1.29, 1.82) is 0 Å². The third-order valence-electron chi connectivity index (χ3n) is 4.97. The van der Waals surface area contributed by atoms with Gasteiger partial charge in [-0.2, -0.15) is 0 Å². The van der Waals surface area contributed by atoms with Gasteiger partial charge in [0.15, 0.2) is 0 Å². The first-order chi connectivity index (χ1) is 11.1. The van der Waals surface area contributed by atoms with Crippen LogP contribution in [0.25, 0.3) is 0 Å². The van der Waals surface area contributed by atoms with Crippen LogP contribution in [-0.2, 0) is 11.3 Å². The molecule has 6 heteroatoms. The second-order valence-corrected chi connectivity index (χ2v) is 7.13. The molecule has 1 saturated carbocycles. The number of hydrogen-bond acceptors (Lipinski definition) is 5. The highest BCUT2D eigenvalue weighted by atomic mass is 16.4. The molecule has 1 amide bonds. The lowest BCUT2D eigenvalue weighted by atomic mass is 9.88. The number of carbonyl (C=O) groups is 1. The van der Waals surface area contributed by atoms with Crippen LogP contribution in [0.15, 0.2) is 4.42 Å². The molecule has 0 radical (unpaired) electrons. The minimum absolute atomic E-state index is 0.265. The predicted molar refractivity (Wildman–Crippen MR) is 86.8 cm³/mol. The molecule has 2 aliphatic rings. The molecule has 0 N–H and O–H groups in total. The Morgan fingerprint density at radius 3 is 2.43 bits per heavy atom. The summed E-state index contributed by atoms with van der Waals surface area (Å²) in [6.45, 7) is 8.20. The molecule has 6 nitrogen and oxygen atoms in total. The van der Waals surface area contributed by atoms with Crippen LogP contribution in [-0.4, -0.2) is 52.1 Å². The normalized spacial score (nSPS) is 21.1. The summed E-state index contributed by atoms with van der Waals surface area (Å²) in [7, 11) is 0. The lowest BCUT2D eigenvalue weighted by molar-refractivity contribution is -0.138. The van der Waals surface area contributed by atoms with Crippen molar-refractivity contribution in [3.8, 4) is 0 Å². The van der Waals surface area contributed by atoms with E-state index in [0.717, 1.165) is 39.0 Å². The molecule has 0 atom stereocenters. The maximum Gasteiger partial charge on any atom is 0.230 e. The molecule has 0 bridgehead atoms. The fraction of sp³-hybridized carbons (Fsp3) is 0.824. The van der Waals surface area contributed by atoms with Gasteiger partial charge in [-0.05, 0) is 12.8 Å². The molecule has 1 aliphatic carbocycles. The van der Waals surface area contributed by atoms with Crippen molar-refractivity contribution in [2.45, 2.75) is 58.4 Å². The van der Waals surface area contributed by atoms with Crippen molar-refractivity contribution in [3.63, 3.8) is 0 Å². The number of piperazine rings is 1. The van der Waals surface area contributed by atoms with Gasteiger partial charge in [0.1, 0.15) is 0 Å². The van der Waals surface area contributed by atoms with Gasteiger partial charge in [-0.3, -0.25) is 9.69 Å². The summed E-state index contributed by atoms with van der Waals surface area (Å²) in [6, 6.07) is 0. The van der Waals surface area contributed by atoms with Gasteiger partial charge in [-0.15, -0.1) is 10.2 Å². The van der Waals surface area contributed by atoms with E-state index in [1.165, 1.54) is 19.3 Å². The summed E-state index contributed by atoms with van der Waals surface area (Å²) in [4.78, 5) is 16.9. The number of rotatable bonds is 4. The zero-order chi connectivity index (χ0) is 16.2. The van der Waals surface area contributed by atoms with E-state index in [9.17, 15) is 4.79 Å². The summed E-state index contributed by atoms with van der Waals surface area (Å²) in [6.07, 6.45) is 5.88. The Balaban J connectivity index is 1.47. The maximum atomic E-state index is 12.6. The molecule has 128 valence electrons. The summed E-state index contributed by atoms with van der Waals surface area (Å²) in [5.74, 6) is 2.30. The molecule has 3 rings (SSSR count). The van der Waals surface area contributed by atoms with E-state index in [4.69, 9.17) is 4.42 Å². The average molecular weight is 320 g/mol. The molecule has 1 aromatic heterocycles. The minimum atomic E-state index is 0.265. The van der Waals surface area contributed by atoms with Crippen LogP contribution in [0.3, 0.4) is 0 Å². The van der Waals surface area contributed by atoms with Crippen LogP contribution < -0.4 is 0 Å². The average Bonchev–Trinajstić information content (AvgIpc) is 3.04. The van der Waals surface area contributed by atoms with E-state index >= 15 is 0 Å². The first-order valence-corrected chi connectivity index (χ1v) is 8.97. The Morgan fingerprint density at radius 2 is 1.83 bits per heavy atom. The fourth-order valence-corrected chi connectivity index (χ4v) is 3.49. The molecule has 1 saturated heterocycles. The molecule has 2 heterocycles. The number of nitrogens with zero attached hydrogens (tertiary/aromatic N) is 4. The third-order valence-corrected chi connectivity index (χ3v) is 4.97. The molecule has 1 aromatic rings. The molecule has 2 fully saturated rings. The standard InChI is InChI=1S/C17H28N4O2/c1-13(2)16-19-18-15(23-16)12-20-8-10-21(11-9-20)17(22)14-6-4-3-5-7-14/h13-14H,3-12H2,1-2H3. The molecule has 0 spiro atoms. The van der Waals surface area contributed by atoms with E-state index in [1.807, 2.05) is 13.8 Å². The van der Waals surface area contributed by atoms with E-state index < -0.39 is 0 Å². The van der Waals surface area contributed by atoms with E-state index in [0.29, 0.717) is 24.2 Å². The van der Waals surface area contributed by atoms with Gasteiger partial charge in [0, 0.05) is 38.0 Å². The van der Waals surface area contributed by atoms with Crippen molar-refractivity contribution in [2.24, 2.45) is 5.92 Å². The summed E-state index contributed by atoms with van der Waals surface area (Å²) < 4.78 is 5.67. The Kier molecular flexibility index (Phi) is 5.30. The van der Waals surface area contributed by atoms with Crippen LogP contribution in [0.1, 0.15) is 63.7 Å². The van der Waals surface area contributed by atoms with Crippen molar-refractivity contribution < 1.29 is 9.21 Å². The second kappa shape index (κ2) is 7.43. The number of aromatic nitrogens is 2. The Bertz CT molecular complexity index is 514. The molecule has 0 aromatic carbocycles. The second-order valence-electron chi connectivity index (χ2n) is 7.13. The molecular weight excluding hydrogens is 292 g/mol. The van der Waals surface area contributed by atoms with Gasteiger partial charge in [0.2, 0.25) is 17.7 Å². The highest BCUT2D eigenvalue weighted by Gasteiger charge is 2.28. The number of carbonyl (C=O) groups excluding carboxylic acids is 1. The van der Waals surface area contributed by atoms with E-state index in [-0.39, 0.29) is 11.8 Å². The van der Waals surface area contributed by atoms with Crippen LogP contribution in [0.4, 0.5) is 0 Å². The molecule has 1 aliphatic heterocycles.